The number of ether oxygens (including phenoxy) is 2. The lowest BCUT2D eigenvalue weighted by Gasteiger charge is -2.14. The van der Waals surface area contributed by atoms with Crippen LogP contribution < -0.4 is 4.72 Å². The van der Waals surface area contributed by atoms with Crippen LogP contribution in [0.3, 0.4) is 0 Å². The Hall–Kier alpha value is -0.980. The third-order valence-electron chi connectivity index (χ3n) is 2.14. The van der Waals surface area contributed by atoms with Gasteiger partial charge in [-0.1, -0.05) is 0 Å². The largest absolute Gasteiger partial charge is 0.382 e. The number of nitriles is 1. The van der Waals surface area contributed by atoms with Gasteiger partial charge >= 0.3 is 0 Å². The van der Waals surface area contributed by atoms with Gasteiger partial charge in [-0.3, -0.25) is 0 Å². The molecule has 0 aromatic carbocycles. The minimum atomic E-state index is -3.59. The van der Waals surface area contributed by atoms with Crippen molar-refractivity contribution < 1.29 is 17.9 Å². The Morgan fingerprint density at radius 2 is 2.22 bits per heavy atom. The van der Waals surface area contributed by atoms with E-state index in [0.717, 1.165) is 11.3 Å². The third kappa shape index (κ3) is 4.04. The summed E-state index contributed by atoms with van der Waals surface area (Å²) in [5, 5.41) is 8.65. The molecule has 1 aromatic heterocycles. The molecule has 0 aliphatic rings. The van der Waals surface area contributed by atoms with Crippen LogP contribution in [0.2, 0.25) is 0 Å². The number of nitrogens with one attached hydrogen (secondary N) is 1. The lowest BCUT2D eigenvalue weighted by Crippen LogP contribution is -2.35. The molecule has 1 rings (SSSR count). The van der Waals surface area contributed by atoms with Crippen molar-refractivity contribution in [1.82, 2.24) is 4.72 Å². The van der Waals surface area contributed by atoms with Crippen molar-refractivity contribution in [1.29, 1.82) is 5.26 Å². The molecule has 0 radical (unpaired) electrons. The third-order valence-corrected chi connectivity index (χ3v) is 5.05. The maximum atomic E-state index is 11.9. The van der Waals surface area contributed by atoms with Gasteiger partial charge in [0.2, 0.25) is 10.0 Å². The highest BCUT2D eigenvalue weighted by molar-refractivity contribution is 7.91. The van der Waals surface area contributed by atoms with Crippen LogP contribution >= 0.6 is 11.3 Å². The van der Waals surface area contributed by atoms with Crippen LogP contribution in [-0.2, 0) is 19.5 Å². The number of nitrogens with zero attached hydrogens (tertiary/aromatic N) is 1. The fraction of sp³-hybridized carbons (Fsp3) is 0.500. The molecule has 0 spiro atoms. The van der Waals surface area contributed by atoms with E-state index in [2.05, 4.69) is 4.72 Å². The van der Waals surface area contributed by atoms with Gasteiger partial charge in [0.05, 0.1) is 12.7 Å². The lowest BCUT2D eigenvalue weighted by molar-refractivity contribution is 0.0320. The molecule has 1 atom stereocenters. The van der Waals surface area contributed by atoms with Crippen LogP contribution in [-0.4, -0.2) is 41.9 Å². The van der Waals surface area contributed by atoms with Gasteiger partial charge in [-0.05, 0) is 12.1 Å². The molecule has 1 heterocycles. The highest BCUT2D eigenvalue weighted by Crippen LogP contribution is 2.20. The van der Waals surface area contributed by atoms with Crippen molar-refractivity contribution in [3.63, 3.8) is 0 Å². The van der Waals surface area contributed by atoms with E-state index in [4.69, 9.17) is 14.7 Å². The summed E-state index contributed by atoms with van der Waals surface area (Å²) in [5.74, 6) is 0. The lowest BCUT2D eigenvalue weighted by atomic mass is 10.4. The van der Waals surface area contributed by atoms with Crippen molar-refractivity contribution in [2.75, 3.05) is 27.4 Å². The fourth-order valence-electron chi connectivity index (χ4n) is 1.19. The second-order valence-electron chi connectivity index (χ2n) is 3.40. The summed E-state index contributed by atoms with van der Waals surface area (Å²) in [5.41, 5.74) is 0. The SMILES string of the molecule is COCC(CNS(=O)(=O)c1ccc(C#N)s1)OC. The summed E-state index contributed by atoms with van der Waals surface area (Å²) in [4.78, 5) is 0.357. The predicted molar refractivity (Wildman–Crippen MR) is 66.9 cm³/mol. The number of thiophene rings is 1. The maximum absolute atomic E-state index is 11.9. The highest BCUT2D eigenvalue weighted by Gasteiger charge is 2.18. The smallest absolute Gasteiger partial charge is 0.250 e. The zero-order chi connectivity index (χ0) is 13.6. The zero-order valence-corrected chi connectivity index (χ0v) is 11.7. The van der Waals surface area contributed by atoms with Crippen LogP contribution in [0.15, 0.2) is 16.3 Å². The van der Waals surface area contributed by atoms with E-state index >= 15 is 0 Å². The number of hydrogen-bond donors (Lipinski definition) is 1. The van der Waals surface area contributed by atoms with Crippen LogP contribution in [0.5, 0.6) is 0 Å². The minimum absolute atomic E-state index is 0.117. The molecular formula is C10H14N2O4S2. The van der Waals surface area contributed by atoms with Gasteiger partial charge in [0.15, 0.2) is 0 Å². The first-order chi connectivity index (χ1) is 8.53. The Morgan fingerprint density at radius 1 is 1.50 bits per heavy atom. The average molecular weight is 290 g/mol. The van der Waals surface area contributed by atoms with E-state index in [-0.39, 0.29) is 16.9 Å². The molecular weight excluding hydrogens is 276 g/mol. The fourth-order valence-corrected chi connectivity index (χ4v) is 3.41. The number of methoxy groups -OCH3 is 2. The van der Waals surface area contributed by atoms with Crippen molar-refractivity contribution in [2.45, 2.75) is 10.3 Å². The van der Waals surface area contributed by atoms with E-state index in [1.165, 1.54) is 26.4 Å². The van der Waals surface area contributed by atoms with Crippen molar-refractivity contribution in [3.8, 4) is 6.07 Å². The molecule has 0 bridgehead atoms. The maximum Gasteiger partial charge on any atom is 0.250 e. The number of hydrogen-bond acceptors (Lipinski definition) is 6. The summed E-state index contributed by atoms with van der Waals surface area (Å²) >= 11 is 0.929. The van der Waals surface area contributed by atoms with Crippen LogP contribution in [0.25, 0.3) is 0 Å². The first kappa shape index (κ1) is 15.1. The summed E-state index contributed by atoms with van der Waals surface area (Å²) in [6.45, 7) is 0.416. The summed E-state index contributed by atoms with van der Waals surface area (Å²) in [6, 6.07) is 4.78. The van der Waals surface area contributed by atoms with Crippen molar-refractivity contribution in [2.24, 2.45) is 0 Å². The van der Waals surface area contributed by atoms with Gasteiger partial charge in [0, 0.05) is 20.8 Å². The molecule has 18 heavy (non-hydrogen) atoms. The molecule has 100 valence electrons. The Morgan fingerprint density at radius 3 is 2.72 bits per heavy atom. The summed E-state index contributed by atoms with van der Waals surface area (Å²) in [6.07, 6.45) is -0.347. The van der Waals surface area contributed by atoms with Gasteiger partial charge in [0.25, 0.3) is 0 Å². The molecule has 1 N–H and O–H groups in total. The van der Waals surface area contributed by atoms with Gasteiger partial charge in [-0.15, -0.1) is 11.3 Å². The predicted octanol–water partition coefficient (Wildman–Crippen LogP) is 0.559. The number of sulfonamides is 1. The first-order valence-electron chi connectivity index (χ1n) is 5.05. The zero-order valence-electron chi connectivity index (χ0n) is 10.0. The van der Waals surface area contributed by atoms with E-state index in [9.17, 15) is 8.42 Å². The molecule has 0 saturated carbocycles. The standard InChI is InChI=1S/C10H14N2O4S2/c1-15-7-8(16-2)6-12-18(13,14)10-4-3-9(5-11)17-10/h3-4,8,12H,6-7H2,1-2H3. The normalized spacial score (nSPS) is 13.2. The van der Waals surface area contributed by atoms with Crippen LogP contribution in [0, 0.1) is 11.3 Å². The van der Waals surface area contributed by atoms with Crippen LogP contribution in [0.1, 0.15) is 4.88 Å². The van der Waals surface area contributed by atoms with E-state index < -0.39 is 10.0 Å². The topological polar surface area (TPSA) is 88.4 Å². The minimum Gasteiger partial charge on any atom is -0.382 e. The second kappa shape index (κ2) is 6.82. The molecule has 0 aliphatic carbocycles. The quantitative estimate of drug-likeness (QED) is 0.792. The monoisotopic (exact) mass is 290 g/mol. The Kier molecular flexibility index (Phi) is 5.71. The van der Waals surface area contributed by atoms with Gasteiger partial charge in [-0.2, -0.15) is 5.26 Å². The molecule has 0 aliphatic heterocycles. The van der Waals surface area contributed by atoms with Gasteiger partial charge in [0.1, 0.15) is 15.2 Å². The molecule has 0 saturated heterocycles. The molecule has 1 unspecified atom stereocenters. The van der Waals surface area contributed by atoms with Gasteiger partial charge in [-0.25, -0.2) is 13.1 Å². The molecule has 1 aromatic rings. The van der Waals surface area contributed by atoms with E-state index in [0.29, 0.717) is 11.5 Å². The Labute approximate surface area is 110 Å². The highest BCUT2D eigenvalue weighted by atomic mass is 32.2. The Balaban J connectivity index is 2.68. The van der Waals surface area contributed by atoms with Crippen molar-refractivity contribution in [3.05, 3.63) is 17.0 Å². The summed E-state index contributed by atoms with van der Waals surface area (Å²) < 4.78 is 36.2. The van der Waals surface area contributed by atoms with E-state index in [1.54, 1.807) is 0 Å². The molecule has 8 heteroatoms. The van der Waals surface area contributed by atoms with Gasteiger partial charge < -0.3 is 9.47 Å². The summed E-state index contributed by atoms with van der Waals surface area (Å²) in [7, 11) is -0.595. The molecule has 6 nitrogen and oxygen atoms in total. The number of rotatable bonds is 7. The van der Waals surface area contributed by atoms with Crippen LogP contribution in [0.4, 0.5) is 0 Å². The van der Waals surface area contributed by atoms with E-state index in [1.807, 2.05) is 6.07 Å². The Bertz CT molecular complexity index is 518. The molecule has 0 amide bonds. The second-order valence-corrected chi connectivity index (χ2v) is 6.47. The average Bonchev–Trinajstić information content (AvgIpc) is 2.84. The molecule has 0 fully saturated rings. The first-order valence-corrected chi connectivity index (χ1v) is 7.34. The van der Waals surface area contributed by atoms with Crippen molar-refractivity contribution >= 4 is 21.4 Å².